The highest BCUT2D eigenvalue weighted by Crippen LogP contribution is 2.35. The summed E-state index contributed by atoms with van der Waals surface area (Å²) in [5.74, 6) is 0. The van der Waals surface area contributed by atoms with Crippen molar-refractivity contribution in [2.75, 3.05) is 11.9 Å². The maximum Gasteiger partial charge on any atom is 0.285 e. The Morgan fingerprint density at radius 2 is 2.00 bits per heavy atom. The van der Waals surface area contributed by atoms with Crippen LogP contribution in [-0.4, -0.2) is 30.2 Å². The first-order chi connectivity index (χ1) is 8.13. The average molecular weight is 310 g/mol. The number of anilines is 1. The van der Waals surface area contributed by atoms with Gasteiger partial charge in [-0.3, -0.25) is 0 Å². The molecule has 0 saturated heterocycles. The lowest BCUT2D eigenvalue weighted by Crippen LogP contribution is -2.23. The van der Waals surface area contributed by atoms with E-state index in [1.165, 1.54) is 11.0 Å². The Morgan fingerprint density at radius 1 is 1.39 bits per heavy atom. The van der Waals surface area contributed by atoms with Crippen LogP contribution < -0.4 is 10.0 Å². The molecule has 0 radical (unpaired) electrons. The lowest BCUT2D eigenvalue weighted by atomic mass is 10.3. The molecule has 0 aromatic heterocycles. The molecule has 0 amide bonds. The van der Waals surface area contributed by atoms with E-state index in [4.69, 9.17) is 16.7 Å². The van der Waals surface area contributed by atoms with Crippen LogP contribution in [0.2, 0.25) is 5.02 Å². The zero-order chi connectivity index (χ0) is 13.7. The van der Waals surface area contributed by atoms with Crippen LogP contribution >= 0.6 is 11.6 Å². The third kappa shape index (κ3) is 2.09. The molecule has 18 heavy (non-hydrogen) atoms. The van der Waals surface area contributed by atoms with Crippen LogP contribution in [0.25, 0.3) is 0 Å². The summed E-state index contributed by atoms with van der Waals surface area (Å²) in [5, 5.41) is 4.81. The number of nitrogens with two attached hydrogens (primary N) is 1. The summed E-state index contributed by atoms with van der Waals surface area (Å²) in [6, 6.07) is 2.13. The summed E-state index contributed by atoms with van der Waals surface area (Å²) in [4.78, 5) is 0.716. The SMILES string of the molecule is CN1C=NS(=O)(=O)c2cc(S(N)(=O)=O)c(Cl)cc21. The number of rotatable bonds is 1. The molecule has 0 aliphatic carbocycles. The minimum absolute atomic E-state index is 0.145. The third-order valence-electron chi connectivity index (χ3n) is 2.34. The van der Waals surface area contributed by atoms with Gasteiger partial charge in [0, 0.05) is 7.05 Å². The van der Waals surface area contributed by atoms with Crippen LogP contribution in [0.1, 0.15) is 0 Å². The number of fused-ring (bicyclic) bond motifs is 1. The van der Waals surface area contributed by atoms with E-state index < -0.39 is 24.9 Å². The molecule has 7 nitrogen and oxygen atoms in total. The van der Waals surface area contributed by atoms with Crippen molar-refractivity contribution in [2.45, 2.75) is 9.79 Å². The molecule has 2 rings (SSSR count). The molecule has 98 valence electrons. The Bertz CT molecular complexity index is 755. The number of hydrogen-bond donors (Lipinski definition) is 1. The van der Waals surface area contributed by atoms with Gasteiger partial charge in [0.25, 0.3) is 10.0 Å². The quantitative estimate of drug-likeness (QED) is 0.794. The summed E-state index contributed by atoms with van der Waals surface area (Å²) in [6.45, 7) is 0. The number of hydrogen-bond acceptors (Lipinski definition) is 5. The number of primary sulfonamides is 1. The van der Waals surface area contributed by atoms with Gasteiger partial charge >= 0.3 is 0 Å². The summed E-state index contributed by atoms with van der Waals surface area (Å²) < 4.78 is 49.3. The Hall–Kier alpha value is -1.16. The minimum atomic E-state index is -4.10. The Morgan fingerprint density at radius 3 is 2.56 bits per heavy atom. The molecule has 1 heterocycles. The first-order valence-electron chi connectivity index (χ1n) is 4.52. The highest BCUT2D eigenvalue weighted by molar-refractivity contribution is 7.91. The molecule has 10 heteroatoms. The van der Waals surface area contributed by atoms with Gasteiger partial charge in [-0.25, -0.2) is 13.6 Å². The zero-order valence-electron chi connectivity index (χ0n) is 9.03. The Balaban J connectivity index is 2.86. The maximum atomic E-state index is 11.7. The van der Waals surface area contributed by atoms with Crippen molar-refractivity contribution < 1.29 is 16.8 Å². The van der Waals surface area contributed by atoms with Gasteiger partial charge in [0.1, 0.15) is 16.1 Å². The van der Waals surface area contributed by atoms with Gasteiger partial charge in [0.05, 0.1) is 10.7 Å². The molecule has 1 aliphatic heterocycles. The van der Waals surface area contributed by atoms with Crippen molar-refractivity contribution in [2.24, 2.45) is 9.54 Å². The zero-order valence-corrected chi connectivity index (χ0v) is 11.4. The second-order valence-electron chi connectivity index (χ2n) is 3.60. The van der Waals surface area contributed by atoms with Gasteiger partial charge in [-0.2, -0.15) is 8.42 Å². The average Bonchev–Trinajstić information content (AvgIpc) is 2.22. The Kier molecular flexibility index (Phi) is 2.89. The van der Waals surface area contributed by atoms with Gasteiger partial charge in [-0.1, -0.05) is 11.6 Å². The fraction of sp³-hybridized carbons (Fsp3) is 0.125. The lowest BCUT2D eigenvalue weighted by Gasteiger charge is -2.21. The lowest BCUT2D eigenvalue weighted by molar-refractivity contribution is 0.595. The number of benzene rings is 1. The van der Waals surface area contributed by atoms with Crippen molar-refractivity contribution in [1.29, 1.82) is 0 Å². The largest absolute Gasteiger partial charge is 0.334 e. The summed E-state index contributed by atoms with van der Waals surface area (Å²) in [5.41, 5.74) is 0.238. The topological polar surface area (TPSA) is 110 Å². The van der Waals surface area contributed by atoms with Gasteiger partial charge < -0.3 is 4.90 Å². The molecule has 0 fully saturated rings. The van der Waals surface area contributed by atoms with Gasteiger partial charge in [0.15, 0.2) is 0 Å². The van der Waals surface area contributed by atoms with Crippen LogP contribution in [0.15, 0.2) is 26.3 Å². The molecule has 0 atom stereocenters. The van der Waals surface area contributed by atoms with Crippen LogP contribution in [0, 0.1) is 0 Å². The second-order valence-corrected chi connectivity index (χ2v) is 7.14. The van der Waals surface area contributed by atoms with E-state index in [0.717, 1.165) is 12.4 Å². The van der Waals surface area contributed by atoms with Crippen molar-refractivity contribution >= 4 is 43.7 Å². The summed E-state index contributed by atoms with van der Waals surface area (Å²) in [6.07, 6.45) is 1.10. The van der Waals surface area contributed by atoms with E-state index in [1.54, 1.807) is 7.05 Å². The van der Waals surface area contributed by atoms with Crippen molar-refractivity contribution in [3.8, 4) is 0 Å². The standard InChI is InChI=1S/C8H8ClN3O4S2/c1-12-4-11-18(15,16)8-3-7(17(10,13)14)5(9)2-6(8)12/h2-4H,1H3,(H2,10,13,14). The van der Waals surface area contributed by atoms with Crippen LogP contribution in [0.3, 0.4) is 0 Å². The first-order valence-corrected chi connectivity index (χ1v) is 7.89. The molecule has 2 N–H and O–H groups in total. The predicted molar refractivity (Wildman–Crippen MR) is 66.9 cm³/mol. The minimum Gasteiger partial charge on any atom is -0.334 e. The van der Waals surface area contributed by atoms with E-state index in [1.807, 2.05) is 0 Å². The van der Waals surface area contributed by atoms with Crippen LogP contribution in [0.4, 0.5) is 5.69 Å². The number of sulfonamides is 2. The maximum absolute atomic E-state index is 11.7. The smallest absolute Gasteiger partial charge is 0.285 e. The monoisotopic (exact) mass is 309 g/mol. The van der Waals surface area contributed by atoms with E-state index >= 15 is 0 Å². The molecule has 0 bridgehead atoms. The van der Waals surface area contributed by atoms with Gasteiger partial charge in [0.2, 0.25) is 10.0 Å². The fourth-order valence-corrected chi connectivity index (χ4v) is 3.76. The van der Waals surface area contributed by atoms with Crippen molar-refractivity contribution in [1.82, 2.24) is 0 Å². The fourth-order valence-electron chi connectivity index (χ4n) is 1.48. The summed E-state index contributed by atoms with van der Waals surface area (Å²) in [7, 11) is -6.47. The van der Waals surface area contributed by atoms with Crippen LogP contribution in [-0.2, 0) is 20.0 Å². The summed E-state index contributed by atoms with van der Waals surface area (Å²) >= 11 is 5.78. The first kappa shape index (κ1) is 13.3. The normalized spacial score (nSPS) is 17.6. The highest BCUT2D eigenvalue weighted by Gasteiger charge is 2.27. The predicted octanol–water partition coefficient (Wildman–Crippen LogP) is 0.154. The molecule has 1 aliphatic rings. The van der Waals surface area contributed by atoms with E-state index in [9.17, 15) is 16.8 Å². The number of nitrogens with zero attached hydrogens (tertiary/aromatic N) is 2. The molecular weight excluding hydrogens is 302 g/mol. The molecule has 1 aromatic rings. The van der Waals surface area contributed by atoms with Crippen LogP contribution in [0.5, 0.6) is 0 Å². The van der Waals surface area contributed by atoms with Gasteiger partial charge in [-0.15, -0.1) is 4.40 Å². The third-order valence-corrected chi connectivity index (χ3v) is 4.97. The highest BCUT2D eigenvalue weighted by atomic mass is 35.5. The van der Waals surface area contributed by atoms with Crippen molar-refractivity contribution in [3.63, 3.8) is 0 Å². The van der Waals surface area contributed by atoms with E-state index in [-0.39, 0.29) is 15.6 Å². The molecule has 0 spiro atoms. The molecular formula is C8H8ClN3O4S2. The van der Waals surface area contributed by atoms with E-state index in [2.05, 4.69) is 4.40 Å². The van der Waals surface area contributed by atoms with Gasteiger partial charge in [-0.05, 0) is 12.1 Å². The molecule has 0 unspecified atom stereocenters. The molecule has 0 saturated carbocycles. The Labute approximate surface area is 109 Å². The second kappa shape index (κ2) is 3.92. The number of halogens is 1. The van der Waals surface area contributed by atoms with Crippen molar-refractivity contribution in [3.05, 3.63) is 17.2 Å². The van der Waals surface area contributed by atoms with E-state index in [0.29, 0.717) is 0 Å². The molecule has 1 aromatic carbocycles.